The molecule has 3 rings (SSSR count). The van der Waals surface area contributed by atoms with Gasteiger partial charge in [0.2, 0.25) is 5.91 Å². The minimum atomic E-state index is -4.70. The first-order valence-electron chi connectivity index (χ1n) is 10.5. The molecule has 1 amide bonds. The largest absolute Gasteiger partial charge is 0.416 e. The molecule has 0 aliphatic carbocycles. The molecule has 0 spiro atoms. The van der Waals surface area contributed by atoms with E-state index in [4.69, 9.17) is 17.3 Å². The van der Waals surface area contributed by atoms with Gasteiger partial charge in [0, 0.05) is 23.7 Å². The first-order valence-corrected chi connectivity index (χ1v) is 10.8. The van der Waals surface area contributed by atoms with Crippen LogP contribution in [0.1, 0.15) is 23.6 Å². The van der Waals surface area contributed by atoms with Crippen molar-refractivity contribution >= 4 is 17.5 Å². The van der Waals surface area contributed by atoms with Crippen molar-refractivity contribution in [2.75, 3.05) is 6.54 Å². The fourth-order valence-corrected chi connectivity index (χ4v) is 3.62. The van der Waals surface area contributed by atoms with Crippen LogP contribution in [-0.2, 0) is 24.1 Å². The van der Waals surface area contributed by atoms with Crippen molar-refractivity contribution in [3.05, 3.63) is 75.2 Å². The average molecular weight is 536 g/mol. The number of nitrogens with two attached hydrogens (primary N) is 1. The van der Waals surface area contributed by atoms with Gasteiger partial charge in [-0.15, -0.1) is 5.10 Å². The number of rotatable bonds is 8. The highest BCUT2D eigenvalue weighted by molar-refractivity contribution is 6.30. The second-order valence-electron chi connectivity index (χ2n) is 7.73. The zero-order chi connectivity index (χ0) is 26.7. The summed E-state index contributed by atoms with van der Waals surface area (Å²) >= 11 is 5.84. The molecule has 0 saturated carbocycles. The van der Waals surface area contributed by atoms with Crippen LogP contribution >= 0.6 is 11.6 Å². The van der Waals surface area contributed by atoms with E-state index in [1.54, 1.807) is 0 Å². The Labute approximate surface area is 205 Å². The number of benzene rings is 2. The van der Waals surface area contributed by atoms with E-state index in [0.29, 0.717) is 9.70 Å². The van der Waals surface area contributed by atoms with Crippen LogP contribution in [0.15, 0.2) is 53.3 Å². The summed E-state index contributed by atoms with van der Waals surface area (Å²) in [7, 11) is 0. The van der Waals surface area contributed by atoms with E-state index in [-0.39, 0.29) is 23.5 Å². The zero-order valence-electron chi connectivity index (χ0n) is 18.4. The molecular weight excluding hydrogens is 516 g/mol. The molecule has 1 unspecified atom stereocenters. The second kappa shape index (κ2) is 10.7. The van der Waals surface area contributed by atoms with E-state index in [1.165, 1.54) is 36.4 Å². The fourth-order valence-electron chi connectivity index (χ4n) is 3.50. The number of halogens is 7. The molecule has 0 radical (unpaired) electrons. The molecule has 2 aromatic carbocycles. The minimum absolute atomic E-state index is 0.133. The van der Waals surface area contributed by atoms with Crippen molar-refractivity contribution in [1.82, 2.24) is 19.7 Å². The number of alkyl halides is 6. The molecule has 3 aromatic rings. The monoisotopic (exact) mass is 535 g/mol. The molecule has 14 heteroatoms. The summed E-state index contributed by atoms with van der Waals surface area (Å²) in [6, 6.07) is 9.09. The third kappa shape index (κ3) is 6.66. The zero-order valence-corrected chi connectivity index (χ0v) is 19.2. The van der Waals surface area contributed by atoms with Crippen LogP contribution in [0.4, 0.5) is 26.3 Å². The van der Waals surface area contributed by atoms with Crippen LogP contribution in [0.3, 0.4) is 0 Å². The van der Waals surface area contributed by atoms with Gasteiger partial charge in [0.05, 0.1) is 18.0 Å². The standard InChI is InChI=1S/C22H20ClF6N5O2/c23-14-7-5-13(6-8-14)19-32-34(20(36)33(19)10-9-21(24,25)26)12-18(35)31-17(11-30)15-3-1-2-4-16(15)22(27,28)29/h1-8,17H,9-12,30H2,(H,31,35). The molecule has 7 nitrogen and oxygen atoms in total. The third-order valence-electron chi connectivity index (χ3n) is 5.15. The summed E-state index contributed by atoms with van der Waals surface area (Å²) in [6.45, 7) is -1.90. The summed E-state index contributed by atoms with van der Waals surface area (Å²) in [4.78, 5) is 25.4. The van der Waals surface area contributed by atoms with Crippen LogP contribution in [0.5, 0.6) is 0 Å². The number of hydrogen-bond acceptors (Lipinski definition) is 4. The van der Waals surface area contributed by atoms with Gasteiger partial charge < -0.3 is 11.1 Å². The number of carbonyl (C=O) groups excluding carboxylic acids is 1. The number of carbonyl (C=O) groups is 1. The lowest BCUT2D eigenvalue weighted by molar-refractivity contribution is -0.139. The maximum Gasteiger partial charge on any atom is 0.416 e. The molecule has 0 aliphatic heterocycles. The predicted octanol–water partition coefficient (Wildman–Crippen LogP) is 4.15. The van der Waals surface area contributed by atoms with E-state index < -0.39 is 55.1 Å². The van der Waals surface area contributed by atoms with Gasteiger partial charge in [0.15, 0.2) is 5.82 Å². The van der Waals surface area contributed by atoms with E-state index in [0.717, 1.165) is 16.7 Å². The Balaban J connectivity index is 1.89. The second-order valence-corrected chi connectivity index (χ2v) is 8.16. The van der Waals surface area contributed by atoms with Crippen molar-refractivity contribution < 1.29 is 31.1 Å². The number of aromatic nitrogens is 3. The van der Waals surface area contributed by atoms with Gasteiger partial charge in [-0.2, -0.15) is 26.3 Å². The lowest BCUT2D eigenvalue weighted by Crippen LogP contribution is -2.39. The molecule has 0 fully saturated rings. The molecule has 3 N–H and O–H groups in total. The summed E-state index contributed by atoms with van der Waals surface area (Å²) in [5.74, 6) is -1.04. The first-order chi connectivity index (χ1) is 16.8. The third-order valence-corrected chi connectivity index (χ3v) is 5.40. The lowest BCUT2D eigenvalue weighted by Gasteiger charge is -2.21. The maximum atomic E-state index is 13.4. The predicted molar refractivity (Wildman–Crippen MR) is 119 cm³/mol. The van der Waals surface area contributed by atoms with Gasteiger partial charge in [-0.25, -0.2) is 9.48 Å². The molecular formula is C22H20ClF6N5O2. The number of nitrogens with one attached hydrogen (secondary N) is 1. The van der Waals surface area contributed by atoms with Crippen molar-refractivity contribution in [2.24, 2.45) is 5.73 Å². The Morgan fingerprint density at radius 3 is 2.28 bits per heavy atom. The van der Waals surface area contributed by atoms with Crippen LogP contribution in [0.25, 0.3) is 11.4 Å². The summed E-state index contributed by atoms with van der Waals surface area (Å²) in [6.07, 6.45) is -10.6. The fraction of sp³-hybridized carbons (Fsp3) is 0.318. The number of nitrogens with zero attached hydrogens (tertiary/aromatic N) is 3. The van der Waals surface area contributed by atoms with Gasteiger partial charge >= 0.3 is 18.0 Å². The summed E-state index contributed by atoms with van der Waals surface area (Å²) in [5.41, 5.74) is 3.61. The maximum absolute atomic E-state index is 13.4. The minimum Gasteiger partial charge on any atom is -0.346 e. The average Bonchev–Trinajstić information content (AvgIpc) is 3.10. The SMILES string of the molecule is NCC(NC(=O)Cn1nc(-c2ccc(Cl)cc2)n(CCC(F)(F)F)c1=O)c1ccccc1C(F)(F)F. The van der Waals surface area contributed by atoms with E-state index in [1.807, 2.05) is 0 Å². The van der Waals surface area contributed by atoms with Gasteiger partial charge in [0.1, 0.15) is 6.54 Å². The molecule has 0 aliphatic rings. The Morgan fingerprint density at radius 2 is 1.69 bits per heavy atom. The van der Waals surface area contributed by atoms with Crippen LogP contribution < -0.4 is 16.7 Å². The molecule has 194 valence electrons. The Kier molecular flexibility index (Phi) is 8.14. The van der Waals surface area contributed by atoms with E-state index in [2.05, 4.69) is 10.4 Å². The molecule has 0 saturated heterocycles. The van der Waals surface area contributed by atoms with Crippen LogP contribution in [0.2, 0.25) is 5.02 Å². The van der Waals surface area contributed by atoms with Crippen molar-refractivity contribution in [3.8, 4) is 11.4 Å². The quantitative estimate of drug-likeness (QED) is 0.424. The molecule has 1 heterocycles. The van der Waals surface area contributed by atoms with Gasteiger partial charge in [-0.3, -0.25) is 9.36 Å². The Hall–Kier alpha value is -3.32. The number of amides is 1. The van der Waals surface area contributed by atoms with Crippen molar-refractivity contribution in [1.29, 1.82) is 0 Å². The Bertz CT molecular complexity index is 1270. The van der Waals surface area contributed by atoms with Gasteiger partial charge in [-0.1, -0.05) is 29.8 Å². The molecule has 36 heavy (non-hydrogen) atoms. The highest BCUT2D eigenvalue weighted by Gasteiger charge is 2.35. The topological polar surface area (TPSA) is 94.9 Å². The smallest absolute Gasteiger partial charge is 0.346 e. The van der Waals surface area contributed by atoms with Gasteiger partial charge in [0.25, 0.3) is 0 Å². The lowest BCUT2D eigenvalue weighted by atomic mass is 10.00. The van der Waals surface area contributed by atoms with Crippen LogP contribution in [-0.4, -0.2) is 33.0 Å². The molecule has 1 atom stereocenters. The summed E-state index contributed by atoms with van der Waals surface area (Å²) < 4.78 is 80.0. The molecule has 1 aromatic heterocycles. The molecule has 0 bridgehead atoms. The van der Waals surface area contributed by atoms with Gasteiger partial charge in [-0.05, 0) is 35.9 Å². The number of hydrogen-bond donors (Lipinski definition) is 2. The Morgan fingerprint density at radius 1 is 1.06 bits per heavy atom. The first kappa shape index (κ1) is 27.3. The van der Waals surface area contributed by atoms with Crippen molar-refractivity contribution in [2.45, 2.75) is 37.9 Å². The van der Waals surface area contributed by atoms with Crippen molar-refractivity contribution in [3.63, 3.8) is 0 Å². The highest BCUT2D eigenvalue weighted by atomic mass is 35.5. The summed E-state index contributed by atoms with van der Waals surface area (Å²) in [5, 5.41) is 6.67. The normalized spacial score (nSPS) is 13.0. The van der Waals surface area contributed by atoms with E-state index in [9.17, 15) is 35.9 Å². The van der Waals surface area contributed by atoms with E-state index >= 15 is 0 Å². The highest BCUT2D eigenvalue weighted by Crippen LogP contribution is 2.34. The van der Waals surface area contributed by atoms with Crippen LogP contribution in [0, 0.1) is 0 Å².